The number of amides is 1. The minimum Gasteiger partial charge on any atom is -0.486 e. The second-order valence-corrected chi connectivity index (χ2v) is 7.33. The number of benzene rings is 2. The van der Waals surface area contributed by atoms with Gasteiger partial charge in [0.15, 0.2) is 0 Å². The number of ether oxygens (including phenoxy) is 2. The van der Waals surface area contributed by atoms with E-state index in [2.05, 4.69) is 10.3 Å². The van der Waals surface area contributed by atoms with Gasteiger partial charge < -0.3 is 14.8 Å². The Morgan fingerprint density at radius 1 is 1.19 bits per heavy atom. The van der Waals surface area contributed by atoms with Crippen molar-refractivity contribution >= 4 is 39.1 Å². The number of carbonyl (C=O) groups is 2. The first-order valence-electron chi connectivity index (χ1n) is 8.52. The van der Waals surface area contributed by atoms with Crippen molar-refractivity contribution in [1.82, 2.24) is 4.98 Å². The average Bonchev–Trinajstić information content (AvgIpc) is 3.02. The third-order valence-corrected chi connectivity index (χ3v) is 4.56. The molecule has 0 saturated heterocycles. The smallest absolute Gasteiger partial charge is 0.342 e. The molecule has 1 heterocycles. The molecule has 0 spiro atoms. The second kappa shape index (κ2) is 8.18. The van der Waals surface area contributed by atoms with E-state index < -0.39 is 5.97 Å². The summed E-state index contributed by atoms with van der Waals surface area (Å²) in [5.41, 5.74) is 1.68. The Kier molecular flexibility index (Phi) is 5.71. The lowest BCUT2D eigenvalue weighted by molar-refractivity contribution is -0.114. The molecule has 1 N–H and O–H groups in total. The fourth-order valence-electron chi connectivity index (χ4n) is 2.50. The molecule has 0 aliphatic carbocycles. The van der Waals surface area contributed by atoms with Crippen LogP contribution < -0.4 is 10.1 Å². The zero-order valence-corrected chi connectivity index (χ0v) is 16.1. The number of nitrogens with zero attached hydrogens (tertiary/aromatic N) is 1. The van der Waals surface area contributed by atoms with Gasteiger partial charge in [-0.3, -0.25) is 4.79 Å². The Morgan fingerprint density at radius 3 is 2.67 bits per heavy atom. The number of esters is 1. The number of carbonyl (C=O) groups excluding carboxylic acids is 2. The van der Waals surface area contributed by atoms with Crippen molar-refractivity contribution in [2.75, 3.05) is 5.32 Å². The highest BCUT2D eigenvalue weighted by atomic mass is 32.1. The predicted molar refractivity (Wildman–Crippen MR) is 105 cm³/mol. The molecular weight excluding hydrogens is 364 g/mol. The lowest BCUT2D eigenvalue weighted by atomic mass is 10.1. The standard InChI is InChI=1S/C20H20N2O4S/c1-12(2)26-20(24)15-10-14(21-13(3)23)8-9-17(15)25-11-19-22-16-6-4-5-7-18(16)27-19/h4-10,12H,11H2,1-3H3,(H,21,23). The fourth-order valence-corrected chi connectivity index (χ4v) is 3.38. The average molecular weight is 384 g/mol. The van der Waals surface area contributed by atoms with Crippen molar-refractivity contribution in [1.29, 1.82) is 0 Å². The van der Waals surface area contributed by atoms with E-state index in [9.17, 15) is 9.59 Å². The third-order valence-electron chi connectivity index (χ3n) is 3.55. The minimum atomic E-state index is -0.503. The van der Waals surface area contributed by atoms with E-state index in [1.165, 1.54) is 6.92 Å². The predicted octanol–water partition coefficient (Wildman–Crippen LogP) is 4.40. The number of nitrogens with one attached hydrogen (secondary N) is 1. The molecule has 3 rings (SSSR count). The number of aromatic nitrogens is 1. The molecule has 27 heavy (non-hydrogen) atoms. The van der Waals surface area contributed by atoms with Gasteiger partial charge in [0.05, 0.1) is 16.3 Å². The van der Waals surface area contributed by atoms with Crippen LogP contribution in [0.15, 0.2) is 42.5 Å². The van der Waals surface area contributed by atoms with Crippen molar-refractivity contribution in [3.05, 3.63) is 53.0 Å². The Morgan fingerprint density at radius 2 is 1.96 bits per heavy atom. The van der Waals surface area contributed by atoms with Crippen molar-refractivity contribution < 1.29 is 19.1 Å². The summed E-state index contributed by atoms with van der Waals surface area (Å²) in [5.74, 6) is -0.341. The first kappa shape index (κ1) is 18.8. The summed E-state index contributed by atoms with van der Waals surface area (Å²) in [6.45, 7) is 5.19. The van der Waals surface area contributed by atoms with Gasteiger partial charge in [0, 0.05) is 12.6 Å². The maximum atomic E-state index is 12.4. The minimum absolute atomic E-state index is 0.221. The normalized spacial score (nSPS) is 10.8. The lowest BCUT2D eigenvalue weighted by Crippen LogP contribution is -2.14. The maximum Gasteiger partial charge on any atom is 0.342 e. The molecule has 6 nitrogen and oxygen atoms in total. The Labute approximate surface area is 161 Å². The number of anilines is 1. The molecule has 1 aromatic heterocycles. The molecule has 140 valence electrons. The largest absolute Gasteiger partial charge is 0.486 e. The van der Waals surface area contributed by atoms with Crippen LogP contribution in [0.2, 0.25) is 0 Å². The van der Waals surface area contributed by atoms with Crippen LogP contribution >= 0.6 is 11.3 Å². The van der Waals surface area contributed by atoms with Crippen LogP contribution in [0.4, 0.5) is 5.69 Å². The van der Waals surface area contributed by atoms with Crippen LogP contribution in [0, 0.1) is 0 Å². The Bertz CT molecular complexity index is 948. The number of thiazole rings is 1. The quantitative estimate of drug-likeness (QED) is 0.638. The van der Waals surface area contributed by atoms with Gasteiger partial charge in [0.1, 0.15) is 22.9 Å². The Balaban J connectivity index is 1.83. The van der Waals surface area contributed by atoms with E-state index in [4.69, 9.17) is 9.47 Å². The summed E-state index contributed by atoms with van der Waals surface area (Å²) in [5, 5.41) is 3.47. The summed E-state index contributed by atoms with van der Waals surface area (Å²) in [6, 6.07) is 12.7. The molecule has 3 aromatic rings. The van der Waals surface area contributed by atoms with Crippen LogP contribution in [0.5, 0.6) is 5.75 Å². The molecular formula is C20H20N2O4S. The molecule has 0 fully saturated rings. The molecule has 0 atom stereocenters. The number of hydrogen-bond donors (Lipinski definition) is 1. The van der Waals surface area contributed by atoms with Crippen LogP contribution in [0.25, 0.3) is 10.2 Å². The van der Waals surface area contributed by atoms with E-state index >= 15 is 0 Å². The topological polar surface area (TPSA) is 77.5 Å². The van der Waals surface area contributed by atoms with Crippen LogP contribution in [0.1, 0.15) is 36.1 Å². The fraction of sp³-hybridized carbons (Fsp3) is 0.250. The highest BCUT2D eigenvalue weighted by Crippen LogP contribution is 2.27. The van der Waals surface area contributed by atoms with Gasteiger partial charge in [-0.2, -0.15) is 0 Å². The first-order valence-corrected chi connectivity index (χ1v) is 9.34. The molecule has 2 aromatic carbocycles. The third kappa shape index (κ3) is 4.83. The van der Waals surface area contributed by atoms with Crippen molar-refractivity contribution in [2.24, 2.45) is 0 Å². The SMILES string of the molecule is CC(=O)Nc1ccc(OCc2nc3ccccc3s2)c(C(=O)OC(C)C)c1. The number of fused-ring (bicyclic) bond motifs is 1. The molecule has 0 radical (unpaired) electrons. The van der Waals surface area contributed by atoms with Gasteiger partial charge in [-0.25, -0.2) is 9.78 Å². The van der Waals surface area contributed by atoms with Crippen molar-refractivity contribution in [3.8, 4) is 5.75 Å². The lowest BCUT2D eigenvalue weighted by Gasteiger charge is -2.14. The van der Waals surface area contributed by atoms with Gasteiger partial charge in [-0.15, -0.1) is 11.3 Å². The molecule has 1 amide bonds. The number of para-hydroxylation sites is 1. The summed E-state index contributed by atoms with van der Waals surface area (Å²) in [7, 11) is 0. The number of rotatable bonds is 6. The van der Waals surface area contributed by atoms with Crippen LogP contribution in [0.3, 0.4) is 0 Å². The molecule has 0 saturated carbocycles. The zero-order valence-electron chi connectivity index (χ0n) is 15.3. The van der Waals surface area contributed by atoms with Crippen molar-refractivity contribution in [3.63, 3.8) is 0 Å². The van der Waals surface area contributed by atoms with E-state index in [1.54, 1.807) is 43.4 Å². The van der Waals surface area contributed by atoms with Gasteiger partial charge >= 0.3 is 5.97 Å². The monoisotopic (exact) mass is 384 g/mol. The van der Waals surface area contributed by atoms with Crippen LogP contribution in [-0.2, 0) is 16.1 Å². The highest BCUT2D eigenvalue weighted by Gasteiger charge is 2.17. The van der Waals surface area contributed by atoms with Crippen molar-refractivity contribution in [2.45, 2.75) is 33.5 Å². The van der Waals surface area contributed by atoms with E-state index in [-0.39, 0.29) is 24.2 Å². The van der Waals surface area contributed by atoms with Gasteiger partial charge in [0.2, 0.25) is 5.91 Å². The summed E-state index contributed by atoms with van der Waals surface area (Å²) in [6.07, 6.45) is -0.265. The molecule has 0 aliphatic heterocycles. The molecule has 0 bridgehead atoms. The van der Waals surface area contributed by atoms with E-state index in [0.717, 1.165) is 15.2 Å². The van der Waals surface area contributed by atoms with Gasteiger partial charge in [-0.1, -0.05) is 12.1 Å². The highest BCUT2D eigenvalue weighted by molar-refractivity contribution is 7.18. The Hall–Kier alpha value is -2.93. The second-order valence-electron chi connectivity index (χ2n) is 6.21. The first-order chi connectivity index (χ1) is 12.9. The number of hydrogen-bond acceptors (Lipinski definition) is 6. The van der Waals surface area contributed by atoms with Gasteiger partial charge in [-0.05, 0) is 44.2 Å². The van der Waals surface area contributed by atoms with Gasteiger partial charge in [0.25, 0.3) is 0 Å². The molecule has 0 unspecified atom stereocenters. The van der Waals surface area contributed by atoms with E-state index in [1.807, 2.05) is 24.3 Å². The summed E-state index contributed by atoms with van der Waals surface area (Å²) >= 11 is 1.54. The summed E-state index contributed by atoms with van der Waals surface area (Å²) in [4.78, 5) is 28.3. The van der Waals surface area contributed by atoms with Crippen LogP contribution in [-0.4, -0.2) is 23.0 Å². The molecule has 7 heteroatoms. The maximum absolute atomic E-state index is 12.4. The summed E-state index contributed by atoms with van der Waals surface area (Å²) < 4.78 is 12.2. The van der Waals surface area contributed by atoms with E-state index in [0.29, 0.717) is 11.4 Å². The zero-order chi connectivity index (χ0) is 19.4. The molecule has 0 aliphatic rings.